The number of amides is 1. The van der Waals surface area contributed by atoms with Gasteiger partial charge in [-0.2, -0.15) is 0 Å². The molecule has 4 nitrogen and oxygen atoms in total. The van der Waals surface area contributed by atoms with Gasteiger partial charge in [0.05, 0.1) is 6.04 Å². The van der Waals surface area contributed by atoms with Crippen LogP contribution in [0.3, 0.4) is 0 Å². The standard InChI is InChI=1S/C20H30FN3O/c1-15-3-7-18(8-4-15)22-20(25)16(2)23-11-13-24(14-12-23)19-9-5-17(21)6-10-19/h5-6,9-10,15-16,18H,3-4,7-8,11-14H2,1-2H3,(H,22,25)/t15?,16-,18?/m0/s1. The minimum absolute atomic E-state index is 0.0882. The van der Waals surface area contributed by atoms with Gasteiger partial charge < -0.3 is 10.2 Å². The van der Waals surface area contributed by atoms with Crippen LogP contribution in [0.4, 0.5) is 10.1 Å². The smallest absolute Gasteiger partial charge is 0.237 e. The number of piperazine rings is 1. The maximum Gasteiger partial charge on any atom is 0.237 e. The summed E-state index contributed by atoms with van der Waals surface area (Å²) in [6.07, 6.45) is 4.65. The lowest BCUT2D eigenvalue weighted by atomic mass is 9.87. The van der Waals surface area contributed by atoms with Crippen molar-refractivity contribution in [2.24, 2.45) is 5.92 Å². The van der Waals surface area contributed by atoms with Gasteiger partial charge >= 0.3 is 0 Å². The van der Waals surface area contributed by atoms with E-state index in [4.69, 9.17) is 0 Å². The Labute approximate surface area is 150 Å². The molecule has 0 bridgehead atoms. The van der Waals surface area contributed by atoms with Crippen molar-refractivity contribution >= 4 is 11.6 Å². The molecule has 0 spiro atoms. The van der Waals surface area contributed by atoms with Crippen LogP contribution in [0.5, 0.6) is 0 Å². The highest BCUT2D eigenvalue weighted by Crippen LogP contribution is 2.24. The summed E-state index contributed by atoms with van der Waals surface area (Å²) < 4.78 is 13.1. The Morgan fingerprint density at radius 3 is 2.28 bits per heavy atom. The molecule has 1 atom stereocenters. The number of carbonyl (C=O) groups is 1. The monoisotopic (exact) mass is 347 g/mol. The van der Waals surface area contributed by atoms with Crippen LogP contribution in [0.25, 0.3) is 0 Å². The number of benzene rings is 1. The van der Waals surface area contributed by atoms with Crippen molar-refractivity contribution in [3.63, 3.8) is 0 Å². The summed E-state index contributed by atoms with van der Waals surface area (Å²) in [5, 5.41) is 3.25. The summed E-state index contributed by atoms with van der Waals surface area (Å²) >= 11 is 0. The Kier molecular flexibility index (Phi) is 5.94. The second kappa shape index (κ2) is 8.17. The van der Waals surface area contributed by atoms with Crippen LogP contribution < -0.4 is 10.2 Å². The van der Waals surface area contributed by atoms with E-state index in [2.05, 4.69) is 22.0 Å². The molecule has 2 aliphatic rings. The zero-order valence-electron chi connectivity index (χ0n) is 15.4. The fourth-order valence-corrected chi connectivity index (χ4v) is 3.91. The number of rotatable bonds is 4. The van der Waals surface area contributed by atoms with Gasteiger partial charge in [0, 0.05) is 37.9 Å². The molecule has 5 heteroatoms. The quantitative estimate of drug-likeness (QED) is 0.909. The van der Waals surface area contributed by atoms with Crippen LogP contribution in [-0.4, -0.2) is 49.1 Å². The zero-order valence-corrected chi connectivity index (χ0v) is 15.4. The van der Waals surface area contributed by atoms with E-state index < -0.39 is 0 Å². The molecule has 1 amide bonds. The van der Waals surface area contributed by atoms with Gasteiger partial charge in [0.1, 0.15) is 5.82 Å². The highest BCUT2D eigenvalue weighted by atomic mass is 19.1. The van der Waals surface area contributed by atoms with E-state index in [0.717, 1.165) is 50.6 Å². The summed E-state index contributed by atoms with van der Waals surface area (Å²) in [7, 11) is 0. The number of nitrogens with one attached hydrogen (secondary N) is 1. The zero-order chi connectivity index (χ0) is 17.8. The Bertz CT molecular complexity index is 561. The van der Waals surface area contributed by atoms with Crippen LogP contribution in [-0.2, 0) is 4.79 Å². The molecule has 0 radical (unpaired) electrons. The Morgan fingerprint density at radius 1 is 1.08 bits per heavy atom. The fraction of sp³-hybridized carbons (Fsp3) is 0.650. The Morgan fingerprint density at radius 2 is 1.68 bits per heavy atom. The number of anilines is 1. The molecule has 1 aliphatic heterocycles. The van der Waals surface area contributed by atoms with Gasteiger partial charge in [0.25, 0.3) is 0 Å². The molecule has 1 aromatic rings. The Balaban J connectivity index is 1.46. The molecule has 1 N–H and O–H groups in total. The van der Waals surface area contributed by atoms with E-state index in [1.807, 2.05) is 19.1 Å². The van der Waals surface area contributed by atoms with Crippen LogP contribution in [0.15, 0.2) is 24.3 Å². The molecule has 1 aliphatic carbocycles. The van der Waals surface area contributed by atoms with Crippen molar-refractivity contribution in [3.05, 3.63) is 30.1 Å². The van der Waals surface area contributed by atoms with Gasteiger partial charge in [-0.3, -0.25) is 9.69 Å². The van der Waals surface area contributed by atoms with Crippen molar-refractivity contribution in [1.82, 2.24) is 10.2 Å². The molecule has 1 heterocycles. The molecule has 2 fully saturated rings. The lowest BCUT2D eigenvalue weighted by Gasteiger charge is -2.39. The summed E-state index contributed by atoms with van der Waals surface area (Å²) in [5.41, 5.74) is 1.05. The lowest BCUT2D eigenvalue weighted by molar-refractivity contribution is -0.127. The second-order valence-electron chi connectivity index (χ2n) is 7.64. The number of nitrogens with zero attached hydrogens (tertiary/aromatic N) is 2. The molecule has 3 rings (SSSR count). The minimum atomic E-state index is -0.204. The largest absolute Gasteiger partial charge is 0.369 e. The SMILES string of the molecule is CC1CCC(NC(=O)[C@H](C)N2CCN(c3ccc(F)cc3)CC2)CC1. The topological polar surface area (TPSA) is 35.6 Å². The van der Waals surface area contributed by atoms with Crippen LogP contribution >= 0.6 is 0 Å². The maximum absolute atomic E-state index is 13.1. The van der Waals surface area contributed by atoms with Crippen molar-refractivity contribution in [1.29, 1.82) is 0 Å². The second-order valence-corrected chi connectivity index (χ2v) is 7.64. The maximum atomic E-state index is 13.1. The average molecular weight is 347 g/mol. The van der Waals surface area contributed by atoms with E-state index in [-0.39, 0.29) is 17.8 Å². The first-order valence-electron chi connectivity index (χ1n) is 9.58. The van der Waals surface area contributed by atoms with E-state index in [1.165, 1.54) is 25.0 Å². The predicted octanol–water partition coefficient (Wildman–Crippen LogP) is 3.03. The van der Waals surface area contributed by atoms with Crippen LogP contribution in [0.2, 0.25) is 0 Å². The van der Waals surface area contributed by atoms with Gasteiger partial charge in [0.2, 0.25) is 5.91 Å². The van der Waals surface area contributed by atoms with E-state index in [0.29, 0.717) is 6.04 Å². The predicted molar refractivity (Wildman–Crippen MR) is 99.2 cm³/mol. The number of halogens is 1. The van der Waals surface area contributed by atoms with Gasteiger partial charge in [-0.1, -0.05) is 6.92 Å². The third kappa shape index (κ3) is 4.72. The number of hydrogen-bond acceptors (Lipinski definition) is 3. The summed E-state index contributed by atoms with van der Waals surface area (Å²) in [5.74, 6) is 0.754. The van der Waals surface area contributed by atoms with Gasteiger partial charge in [-0.25, -0.2) is 4.39 Å². The van der Waals surface area contributed by atoms with Gasteiger partial charge in [-0.05, 0) is 62.8 Å². The normalized spacial score (nSPS) is 26.3. The first kappa shape index (κ1) is 18.2. The molecule has 138 valence electrons. The van der Waals surface area contributed by atoms with Crippen molar-refractivity contribution in [2.45, 2.75) is 51.6 Å². The first-order valence-corrected chi connectivity index (χ1v) is 9.58. The first-order chi connectivity index (χ1) is 12.0. The van der Waals surface area contributed by atoms with Gasteiger partial charge in [0.15, 0.2) is 0 Å². The van der Waals surface area contributed by atoms with E-state index in [9.17, 15) is 9.18 Å². The molecule has 0 aromatic heterocycles. The molecule has 1 saturated heterocycles. The third-order valence-electron chi connectivity index (χ3n) is 5.80. The highest BCUT2D eigenvalue weighted by Gasteiger charge is 2.28. The van der Waals surface area contributed by atoms with Gasteiger partial charge in [-0.15, -0.1) is 0 Å². The van der Waals surface area contributed by atoms with Crippen molar-refractivity contribution < 1.29 is 9.18 Å². The fourth-order valence-electron chi connectivity index (χ4n) is 3.91. The van der Waals surface area contributed by atoms with E-state index >= 15 is 0 Å². The number of hydrogen-bond donors (Lipinski definition) is 1. The van der Waals surface area contributed by atoms with Crippen LogP contribution in [0.1, 0.15) is 39.5 Å². The summed E-state index contributed by atoms with van der Waals surface area (Å²) in [4.78, 5) is 17.1. The molecular weight excluding hydrogens is 317 g/mol. The molecular formula is C20H30FN3O. The summed E-state index contributed by atoms with van der Waals surface area (Å²) in [6.45, 7) is 7.74. The highest BCUT2D eigenvalue weighted by molar-refractivity contribution is 5.81. The minimum Gasteiger partial charge on any atom is -0.369 e. The number of carbonyl (C=O) groups excluding carboxylic acids is 1. The van der Waals surface area contributed by atoms with Crippen molar-refractivity contribution in [2.75, 3.05) is 31.1 Å². The lowest BCUT2D eigenvalue weighted by Crippen LogP contribution is -2.55. The molecule has 0 unspecified atom stereocenters. The summed E-state index contributed by atoms with van der Waals surface area (Å²) in [6, 6.07) is 6.92. The van der Waals surface area contributed by atoms with Crippen molar-refractivity contribution in [3.8, 4) is 0 Å². The average Bonchev–Trinajstić information content (AvgIpc) is 2.64. The molecule has 1 aromatic carbocycles. The molecule has 1 saturated carbocycles. The third-order valence-corrected chi connectivity index (χ3v) is 5.80. The van der Waals surface area contributed by atoms with E-state index in [1.54, 1.807) is 0 Å². The van der Waals surface area contributed by atoms with Crippen LogP contribution in [0, 0.1) is 11.7 Å². The Hall–Kier alpha value is -1.62. The molecule has 25 heavy (non-hydrogen) atoms.